The Morgan fingerprint density at radius 3 is 2.35 bits per heavy atom. The first-order valence-corrected chi connectivity index (χ1v) is 7.57. The summed E-state index contributed by atoms with van der Waals surface area (Å²) in [6.45, 7) is 1.14. The van der Waals surface area contributed by atoms with Gasteiger partial charge < -0.3 is 5.32 Å². The van der Waals surface area contributed by atoms with Gasteiger partial charge in [0, 0.05) is 6.04 Å². The van der Waals surface area contributed by atoms with Crippen LogP contribution in [0.25, 0.3) is 21.5 Å². The molecule has 1 nitrogen and oxygen atoms in total. The number of hydrogen-bond donors (Lipinski definition) is 1. The Kier molecular flexibility index (Phi) is 2.93. The minimum absolute atomic E-state index is 0.512. The molecule has 1 aliphatic rings. The number of hydrogen-bond acceptors (Lipinski definition) is 1. The summed E-state index contributed by atoms with van der Waals surface area (Å²) in [6, 6.07) is 20.5. The molecule has 0 aliphatic carbocycles. The largest absolute Gasteiger partial charge is 0.310 e. The van der Waals surface area contributed by atoms with Gasteiger partial charge in [-0.2, -0.15) is 0 Å². The molecular weight excluding hydrogens is 242 g/mol. The third kappa shape index (κ3) is 1.90. The molecule has 0 radical (unpaired) electrons. The predicted molar refractivity (Wildman–Crippen MR) is 86.0 cm³/mol. The van der Waals surface area contributed by atoms with Crippen molar-refractivity contribution in [2.45, 2.75) is 25.3 Å². The van der Waals surface area contributed by atoms with Crippen LogP contribution in [0.4, 0.5) is 0 Å². The van der Waals surface area contributed by atoms with Crippen molar-refractivity contribution >= 4 is 21.5 Å². The van der Waals surface area contributed by atoms with Crippen molar-refractivity contribution in [1.29, 1.82) is 0 Å². The highest BCUT2D eigenvalue weighted by Crippen LogP contribution is 2.34. The van der Waals surface area contributed by atoms with Gasteiger partial charge >= 0.3 is 0 Å². The first kappa shape index (κ1) is 11.9. The second-order valence-corrected chi connectivity index (χ2v) is 5.74. The van der Waals surface area contributed by atoms with E-state index in [4.69, 9.17) is 0 Å². The fourth-order valence-electron chi connectivity index (χ4n) is 3.49. The van der Waals surface area contributed by atoms with Crippen LogP contribution in [0.15, 0.2) is 54.6 Å². The van der Waals surface area contributed by atoms with E-state index < -0.39 is 0 Å². The molecule has 0 bridgehead atoms. The molecule has 0 amide bonds. The average molecular weight is 261 g/mol. The zero-order chi connectivity index (χ0) is 13.4. The van der Waals surface area contributed by atoms with Gasteiger partial charge in [-0.3, -0.25) is 0 Å². The molecule has 1 heteroatoms. The third-order valence-corrected chi connectivity index (χ3v) is 4.49. The second-order valence-electron chi connectivity index (χ2n) is 5.74. The summed E-state index contributed by atoms with van der Waals surface area (Å²) in [5, 5.41) is 9.20. The highest BCUT2D eigenvalue weighted by atomic mass is 14.9. The van der Waals surface area contributed by atoms with E-state index in [-0.39, 0.29) is 0 Å². The Hall–Kier alpha value is -1.86. The minimum atomic E-state index is 0.512. The smallest absolute Gasteiger partial charge is 0.0326 e. The zero-order valence-electron chi connectivity index (χ0n) is 11.6. The van der Waals surface area contributed by atoms with Gasteiger partial charge in [0.25, 0.3) is 0 Å². The normalized spacial score (nSPS) is 19.5. The molecule has 3 aromatic carbocycles. The lowest BCUT2D eigenvalue weighted by Gasteiger charge is -2.25. The van der Waals surface area contributed by atoms with Gasteiger partial charge in [-0.1, -0.05) is 55.0 Å². The summed E-state index contributed by atoms with van der Waals surface area (Å²) in [6.07, 6.45) is 3.89. The van der Waals surface area contributed by atoms with Crippen molar-refractivity contribution in [3.8, 4) is 0 Å². The van der Waals surface area contributed by atoms with Crippen molar-refractivity contribution in [3.63, 3.8) is 0 Å². The molecule has 1 aliphatic heterocycles. The van der Waals surface area contributed by atoms with Crippen molar-refractivity contribution in [2.75, 3.05) is 6.54 Å². The molecule has 1 fully saturated rings. The molecule has 4 rings (SSSR count). The van der Waals surface area contributed by atoms with E-state index in [0.29, 0.717) is 6.04 Å². The van der Waals surface area contributed by atoms with E-state index in [1.54, 1.807) is 0 Å². The van der Waals surface area contributed by atoms with Crippen LogP contribution < -0.4 is 5.32 Å². The molecular formula is C19H19N. The van der Waals surface area contributed by atoms with Crippen molar-refractivity contribution < 1.29 is 0 Å². The van der Waals surface area contributed by atoms with Crippen molar-refractivity contribution in [2.24, 2.45) is 0 Å². The molecule has 1 saturated heterocycles. The third-order valence-electron chi connectivity index (χ3n) is 4.49. The maximum absolute atomic E-state index is 3.69. The number of piperidine rings is 1. The molecule has 100 valence electrons. The topological polar surface area (TPSA) is 12.0 Å². The van der Waals surface area contributed by atoms with Gasteiger partial charge in [0.1, 0.15) is 0 Å². The predicted octanol–water partition coefficient (Wildman–Crippen LogP) is 4.81. The van der Waals surface area contributed by atoms with Crippen LogP contribution in [0.3, 0.4) is 0 Å². The van der Waals surface area contributed by atoms with E-state index >= 15 is 0 Å². The van der Waals surface area contributed by atoms with Crippen molar-refractivity contribution in [3.05, 3.63) is 60.2 Å². The van der Waals surface area contributed by atoms with Gasteiger partial charge in [-0.25, -0.2) is 0 Å². The number of benzene rings is 3. The van der Waals surface area contributed by atoms with Crippen LogP contribution >= 0.6 is 0 Å². The molecule has 20 heavy (non-hydrogen) atoms. The van der Waals surface area contributed by atoms with Crippen LogP contribution in [0.1, 0.15) is 30.9 Å². The number of rotatable bonds is 1. The highest BCUT2D eigenvalue weighted by Gasteiger charge is 2.17. The Labute approximate surface area is 119 Å². The van der Waals surface area contributed by atoms with E-state index in [2.05, 4.69) is 59.9 Å². The summed E-state index contributed by atoms with van der Waals surface area (Å²) in [7, 11) is 0. The van der Waals surface area contributed by atoms with Crippen LogP contribution in [-0.2, 0) is 0 Å². The van der Waals surface area contributed by atoms with Gasteiger partial charge in [0.2, 0.25) is 0 Å². The average Bonchev–Trinajstić information content (AvgIpc) is 2.55. The van der Waals surface area contributed by atoms with E-state index in [1.807, 2.05) is 0 Å². The highest BCUT2D eigenvalue weighted by molar-refractivity contribution is 6.09. The molecule has 0 spiro atoms. The first-order chi connectivity index (χ1) is 9.93. The summed E-state index contributed by atoms with van der Waals surface area (Å²) in [4.78, 5) is 0. The van der Waals surface area contributed by atoms with Gasteiger partial charge in [0.15, 0.2) is 0 Å². The van der Waals surface area contributed by atoms with Crippen molar-refractivity contribution in [1.82, 2.24) is 5.32 Å². The molecule has 3 aromatic rings. The summed E-state index contributed by atoms with van der Waals surface area (Å²) in [5.41, 5.74) is 1.47. The summed E-state index contributed by atoms with van der Waals surface area (Å²) in [5.74, 6) is 0. The standard InChI is InChI=1S/C19H19N/c1-2-8-15-14(7-1)13-18(19-11-5-6-12-20-19)17-10-4-3-9-16(15)17/h1-4,7-10,13,19-20H,5-6,11-12H2/t19-/m0/s1. The van der Waals surface area contributed by atoms with E-state index in [0.717, 1.165) is 6.54 Å². The number of nitrogens with one attached hydrogen (secondary N) is 1. The van der Waals surface area contributed by atoms with E-state index in [1.165, 1.54) is 46.4 Å². The SMILES string of the molecule is c1ccc2c(c1)cc([C@@H]1CCCCN1)c1ccccc12. The summed E-state index contributed by atoms with van der Waals surface area (Å²) < 4.78 is 0. The fourth-order valence-corrected chi connectivity index (χ4v) is 3.49. The zero-order valence-corrected chi connectivity index (χ0v) is 11.6. The maximum Gasteiger partial charge on any atom is 0.0326 e. The van der Waals surface area contributed by atoms with E-state index in [9.17, 15) is 0 Å². The first-order valence-electron chi connectivity index (χ1n) is 7.57. The monoisotopic (exact) mass is 261 g/mol. The van der Waals surface area contributed by atoms with Gasteiger partial charge in [-0.15, -0.1) is 0 Å². The van der Waals surface area contributed by atoms with Gasteiger partial charge in [0.05, 0.1) is 0 Å². The Morgan fingerprint density at radius 2 is 1.55 bits per heavy atom. The molecule has 1 atom stereocenters. The lowest BCUT2D eigenvalue weighted by Crippen LogP contribution is -2.26. The quantitative estimate of drug-likeness (QED) is 0.620. The fraction of sp³-hybridized carbons (Fsp3) is 0.263. The molecule has 0 unspecified atom stereocenters. The van der Waals surface area contributed by atoms with Crippen LogP contribution in [0.2, 0.25) is 0 Å². The van der Waals surface area contributed by atoms with Gasteiger partial charge in [-0.05, 0) is 52.6 Å². The Bertz CT molecular complexity index is 754. The Balaban J connectivity index is 2.02. The van der Waals surface area contributed by atoms with Crippen LogP contribution in [0, 0.1) is 0 Å². The molecule has 0 saturated carbocycles. The summed E-state index contributed by atoms with van der Waals surface area (Å²) >= 11 is 0. The molecule has 0 aromatic heterocycles. The molecule has 1 N–H and O–H groups in total. The Morgan fingerprint density at radius 1 is 0.800 bits per heavy atom. The lowest BCUT2D eigenvalue weighted by atomic mass is 9.90. The van der Waals surface area contributed by atoms with Crippen LogP contribution in [-0.4, -0.2) is 6.54 Å². The second kappa shape index (κ2) is 4.92. The van der Waals surface area contributed by atoms with Crippen LogP contribution in [0.5, 0.6) is 0 Å². The maximum atomic E-state index is 3.69. The molecule has 1 heterocycles. The lowest BCUT2D eigenvalue weighted by molar-refractivity contribution is 0.414. The number of fused-ring (bicyclic) bond motifs is 3. The minimum Gasteiger partial charge on any atom is -0.310 e.